The van der Waals surface area contributed by atoms with E-state index < -0.39 is 5.91 Å². The van der Waals surface area contributed by atoms with Crippen LogP contribution >= 0.6 is 23.2 Å². The van der Waals surface area contributed by atoms with Crippen LogP contribution in [0.5, 0.6) is 5.75 Å². The first-order chi connectivity index (χ1) is 16.2. The van der Waals surface area contributed by atoms with Gasteiger partial charge in [0.2, 0.25) is 0 Å². The number of amides is 1. The van der Waals surface area contributed by atoms with Gasteiger partial charge in [0.25, 0.3) is 5.91 Å². The van der Waals surface area contributed by atoms with Crippen molar-refractivity contribution in [2.75, 3.05) is 5.32 Å². The van der Waals surface area contributed by atoms with Crippen LogP contribution in [0.1, 0.15) is 44.2 Å². The third-order valence-electron chi connectivity index (χ3n) is 5.51. The van der Waals surface area contributed by atoms with E-state index in [0.29, 0.717) is 33.7 Å². The molecule has 0 saturated carbocycles. The van der Waals surface area contributed by atoms with Gasteiger partial charge in [-0.15, -0.1) is 0 Å². The number of halogens is 2. The second kappa shape index (κ2) is 9.91. The first kappa shape index (κ1) is 23.9. The lowest BCUT2D eigenvalue weighted by Crippen LogP contribution is -2.16. The van der Waals surface area contributed by atoms with Crippen molar-refractivity contribution in [3.8, 4) is 5.75 Å². The largest absolute Gasteiger partial charge is 0.488 e. The number of hydrogen-bond acceptors (Lipinski definition) is 5. The molecule has 0 aliphatic rings. The van der Waals surface area contributed by atoms with Crippen molar-refractivity contribution in [3.05, 3.63) is 91.9 Å². The first-order valence-corrected chi connectivity index (χ1v) is 11.4. The molecule has 7 nitrogen and oxygen atoms in total. The number of benzene rings is 2. The van der Waals surface area contributed by atoms with Gasteiger partial charge in [-0.25, -0.2) is 0 Å². The van der Waals surface area contributed by atoms with Gasteiger partial charge in [0, 0.05) is 11.8 Å². The number of anilines is 1. The molecule has 2 aromatic carbocycles. The zero-order chi connectivity index (χ0) is 24.4. The van der Waals surface area contributed by atoms with E-state index >= 15 is 0 Å². The average Bonchev–Trinajstić information content (AvgIpc) is 3.32. The summed E-state index contributed by atoms with van der Waals surface area (Å²) in [7, 11) is 0. The number of carbonyl (C=O) groups is 1. The van der Waals surface area contributed by atoms with E-state index in [1.807, 2.05) is 45.0 Å². The lowest BCUT2D eigenvalue weighted by atomic mass is 10.1. The van der Waals surface area contributed by atoms with Crippen LogP contribution in [-0.2, 0) is 13.2 Å². The minimum Gasteiger partial charge on any atom is -0.488 e. The van der Waals surface area contributed by atoms with Crippen molar-refractivity contribution < 1.29 is 14.1 Å². The number of rotatable bonds is 7. The number of ether oxygens (including phenoxy) is 1. The van der Waals surface area contributed by atoms with Gasteiger partial charge in [0.15, 0.2) is 11.5 Å². The molecule has 0 aliphatic carbocycles. The zero-order valence-electron chi connectivity index (χ0n) is 19.3. The Bertz CT molecular complexity index is 1340. The molecule has 4 rings (SSSR count). The van der Waals surface area contributed by atoms with E-state index in [4.69, 9.17) is 32.5 Å². The Labute approximate surface area is 207 Å². The molecule has 0 radical (unpaired) electrons. The topological polar surface area (TPSA) is 82.2 Å². The van der Waals surface area contributed by atoms with Crippen LogP contribution in [0.2, 0.25) is 10.0 Å². The van der Waals surface area contributed by atoms with Gasteiger partial charge < -0.3 is 14.6 Å². The third kappa shape index (κ3) is 5.11. The molecule has 0 atom stereocenters. The molecule has 9 heteroatoms. The minimum atomic E-state index is -0.420. The normalized spacial score (nSPS) is 11.0. The summed E-state index contributed by atoms with van der Waals surface area (Å²) in [4.78, 5) is 13.0. The highest BCUT2D eigenvalue weighted by atomic mass is 35.5. The summed E-state index contributed by atoms with van der Waals surface area (Å²) in [5.74, 6) is 1.30. The first-order valence-electron chi connectivity index (χ1n) is 10.7. The molecule has 0 spiro atoms. The molecule has 4 aromatic rings. The Hall–Kier alpha value is -3.29. The predicted octanol–water partition coefficient (Wildman–Crippen LogP) is 6.29. The average molecular weight is 499 g/mol. The standard InChI is InChI=1S/C25H24Cl2N4O3/c1-14-6-5-7-15(2)24(14)33-13-19-17(4)34-30-23(19)25(32)28-22-10-16(3)31(29-22)12-18-8-9-20(26)21(27)11-18/h5-11H,12-13H2,1-4H3,(H,28,29,32). The van der Waals surface area contributed by atoms with Crippen LogP contribution in [0.15, 0.2) is 47.0 Å². The van der Waals surface area contributed by atoms with Crippen LogP contribution in [0.25, 0.3) is 0 Å². The van der Waals surface area contributed by atoms with Crippen molar-refractivity contribution in [2.45, 2.75) is 40.8 Å². The number of aromatic nitrogens is 3. The summed E-state index contributed by atoms with van der Waals surface area (Å²) in [6.07, 6.45) is 0. The Morgan fingerprint density at radius 1 is 1.06 bits per heavy atom. The van der Waals surface area contributed by atoms with E-state index in [2.05, 4.69) is 15.6 Å². The minimum absolute atomic E-state index is 0.161. The van der Waals surface area contributed by atoms with Gasteiger partial charge in [0.05, 0.1) is 22.2 Å². The van der Waals surface area contributed by atoms with Crippen molar-refractivity contribution in [3.63, 3.8) is 0 Å². The van der Waals surface area contributed by atoms with E-state index in [9.17, 15) is 4.79 Å². The highest BCUT2D eigenvalue weighted by Gasteiger charge is 2.22. The number of nitrogens with one attached hydrogen (secondary N) is 1. The van der Waals surface area contributed by atoms with Crippen LogP contribution < -0.4 is 10.1 Å². The maximum absolute atomic E-state index is 13.0. The van der Waals surface area contributed by atoms with E-state index in [1.165, 1.54) is 0 Å². The highest BCUT2D eigenvalue weighted by molar-refractivity contribution is 6.42. The fourth-order valence-corrected chi connectivity index (χ4v) is 3.95. The number of para-hydroxylation sites is 1. The number of aryl methyl sites for hydroxylation is 4. The van der Waals surface area contributed by atoms with Crippen molar-refractivity contribution in [1.82, 2.24) is 14.9 Å². The molecule has 0 saturated heterocycles. The second-order valence-corrected chi connectivity index (χ2v) is 8.92. The monoisotopic (exact) mass is 498 g/mol. The van der Waals surface area contributed by atoms with Gasteiger partial charge in [-0.1, -0.05) is 52.6 Å². The third-order valence-corrected chi connectivity index (χ3v) is 6.25. The van der Waals surface area contributed by atoms with Gasteiger partial charge in [-0.05, 0) is 56.5 Å². The lowest BCUT2D eigenvalue weighted by molar-refractivity contribution is 0.101. The van der Waals surface area contributed by atoms with Crippen molar-refractivity contribution >= 4 is 34.9 Å². The van der Waals surface area contributed by atoms with Gasteiger partial charge >= 0.3 is 0 Å². The molecule has 34 heavy (non-hydrogen) atoms. The molecule has 176 valence electrons. The fraction of sp³-hybridized carbons (Fsp3) is 0.240. The molecule has 2 aromatic heterocycles. The second-order valence-electron chi connectivity index (χ2n) is 8.11. The zero-order valence-corrected chi connectivity index (χ0v) is 20.8. The maximum Gasteiger partial charge on any atom is 0.279 e. The molecule has 0 unspecified atom stereocenters. The lowest BCUT2D eigenvalue weighted by Gasteiger charge is -2.12. The smallest absolute Gasteiger partial charge is 0.279 e. The van der Waals surface area contributed by atoms with Gasteiger partial charge in [0.1, 0.15) is 18.1 Å². The Morgan fingerprint density at radius 2 is 1.79 bits per heavy atom. The van der Waals surface area contributed by atoms with Gasteiger partial charge in [-0.2, -0.15) is 5.10 Å². The predicted molar refractivity (Wildman–Crippen MR) is 132 cm³/mol. The van der Waals surface area contributed by atoms with Crippen LogP contribution in [0.4, 0.5) is 5.82 Å². The number of nitrogens with zero attached hydrogens (tertiary/aromatic N) is 3. The van der Waals surface area contributed by atoms with E-state index in [0.717, 1.165) is 28.1 Å². The van der Waals surface area contributed by atoms with Crippen LogP contribution in [0.3, 0.4) is 0 Å². The SMILES string of the molecule is Cc1cccc(C)c1OCc1c(C(=O)Nc2cc(C)n(Cc3ccc(Cl)c(Cl)c3)n2)noc1C. The van der Waals surface area contributed by atoms with Gasteiger partial charge in [-0.3, -0.25) is 9.48 Å². The van der Waals surface area contributed by atoms with E-state index in [-0.39, 0.29) is 12.3 Å². The highest BCUT2D eigenvalue weighted by Crippen LogP contribution is 2.26. The molecule has 0 bridgehead atoms. The number of carbonyl (C=O) groups excluding carboxylic acids is 1. The summed E-state index contributed by atoms with van der Waals surface area (Å²) < 4.78 is 13.1. The Balaban J connectivity index is 1.48. The fourth-order valence-electron chi connectivity index (χ4n) is 3.63. The Morgan fingerprint density at radius 3 is 2.50 bits per heavy atom. The summed E-state index contributed by atoms with van der Waals surface area (Å²) in [5, 5.41) is 12.2. The Kier molecular flexibility index (Phi) is 6.95. The molecular weight excluding hydrogens is 475 g/mol. The quantitative estimate of drug-likeness (QED) is 0.323. The maximum atomic E-state index is 13.0. The summed E-state index contributed by atoms with van der Waals surface area (Å²) in [5.41, 5.74) is 4.60. The summed E-state index contributed by atoms with van der Waals surface area (Å²) >= 11 is 12.1. The van der Waals surface area contributed by atoms with Crippen molar-refractivity contribution in [2.24, 2.45) is 0 Å². The summed E-state index contributed by atoms with van der Waals surface area (Å²) in [6.45, 7) is 8.26. The van der Waals surface area contributed by atoms with E-state index in [1.54, 1.807) is 29.8 Å². The molecule has 2 heterocycles. The molecule has 1 N–H and O–H groups in total. The molecular formula is C25H24Cl2N4O3. The molecule has 0 aliphatic heterocycles. The molecule has 1 amide bonds. The van der Waals surface area contributed by atoms with Crippen LogP contribution in [-0.4, -0.2) is 20.8 Å². The summed E-state index contributed by atoms with van der Waals surface area (Å²) in [6, 6.07) is 13.1. The number of hydrogen-bond donors (Lipinski definition) is 1. The van der Waals surface area contributed by atoms with Crippen molar-refractivity contribution in [1.29, 1.82) is 0 Å². The van der Waals surface area contributed by atoms with Crippen LogP contribution in [0, 0.1) is 27.7 Å². The molecule has 0 fully saturated rings.